The monoisotopic (exact) mass is 233 g/mol. The molecule has 1 heterocycles. The molecule has 0 aliphatic heterocycles. The van der Waals surface area contributed by atoms with Crippen molar-refractivity contribution in [3.8, 4) is 0 Å². The molecule has 0 aliphatic rings. The fourth-order valence-electron chi connectivity index (χ4n) is 1.65. The summed E-state index contributed by atoms with van der Waals surface area (Å²) in [4.78, 5) is 4.38. The van der Waals surface area contributed by atoms with Gasteiger partial charge < -0.3 is 5.11 Å². The van der Waals surface area contributed by atoms with E-state index in [-0.39, 0.29) is 6.10 Å². The van der Waals surface area contributed by atoms with Gasteiger partial charge in [-0.3, -0.25) is 0 Å². The fraction of sp³-hybridized carbons (Fsp3) is 0.308. The van der Waals surface area contributed by atoms with Gasteiger partial charge in [0.15, 0.2) is 0 Å². The van der Waals surface area contributed by atoms with Crippen LogP contribution < -0.4 is 0 Å². The quantitative estimate of drug-likeness (QED) is 0.880. The van der Waals surface area contributed by atoms with Crippen LogP contribution >= 0.6 is 11.3 Å². The first-order chi connectivity index (χ1) is 7.75. The second-order valence-corrected chi connectivity index (χ2v) is 4.89. The number of aryl methyl sites for hydroxylation is 2. The third kappa shape index (κ3) is 2.90. The van der Waals surface area contributed by atoms with Gasteiger partial charge in [0.05, 0.1) is 16.8 Å². The molecule has 0 saturated carbocycles. The van der Waals surface area contributed by atoms with Gasteiger partial charge in [0.25, 0.3) is 0 Å². The van der Waals surface area contributed by atoms with Gasteiger partial charge in [0.1, 0.15) is 0 Å². The number of aromatic nitrogens is 1. The van der Waals surface area contributed by atoms with E-state index in [9.17, 15) is 5.11 Å². The predicted octanol–water partition coefficient (Wildman–Crippen LogP) is 3.12. The molecule has 1 N–H and O–H groups in total. The molecule has 0 radical (unpaired) electrons. The highest BCUT2D eigenvalue weighted by molar-refractivity contribution is 7.09. The molecule has 0 fully saturated rings. The summed E-state index contributed by atoms with van der Waals surface area (Å²) in [5, 5.41) is 13.1. The van der Waals surface area contributed by atoms with Gasteiger partial charge in [-0.15, -0.1) is 11.3 Å². The van der Waals surface area contributed by atoms with E-state index in [1.165, 1.54) is 0 Å². The summed E-state index contributed by atoms with van der Waals surface area (Å²) in [7, 11) is 0. The number of aliphatic hydroxyl groups is 1. The minimum atomic E-state index is -0.386. The van der Waals surface area contributed by atoms with E-state index in [0.29, 0.717) is 0 Å². The number of hydrogen-bond acceptors (Lipinski definition) is 3. The normalized spacial score (nSPS) is 12.6. The minimum Gasteiger partial charge on any atom is -0.388 e. The molecule has 2 aromatic rings. The minimum absolute atomic E-state index is 0.386. The van der Waals surface area contributed by atoms with Gasteiger partial charge in [-0.2, -0.15) is 0 Å². The van der Waals surface area contributed by atoms with E-state index >= 15 is 0 Å². The molecule has 0 spiro atoms. The smallest absolute Gasteiger partial charge is 0.0897 e. The Morgan fingerprint density at radius 3 is 2.69 bits per heavy atom. The lowest BCUT2D eigenvalue weighted by Crippen LogP contribution is -1.99. The van der Waals surface area contributed by atoms with E-state index in [0.717, 1.165) is 29.1 Å². The van der Waals surface area contributed by atoms with Crippen molar-refractivity contribution in [2.24, 2.45) is 0 Å². The predicted molar refractivity (Wildman–Crippen MR) is 66.6 cm³/mol. The maximum atomic E-state index is 9.96. The summed E-state index contributed by atoms with van der Waals surface area (Å²) < 4.78 is 0. The van der Waals surface area contributed by atoms with E-state index in [1.807, 2.05) is 37.3 Å². The number of thiazole rings is 1. The number of aliphatic hydroxyl groups excluding tert-OH is 1. The Labute approximate surface area is 99.6 Å². The van der Waals surface area contributed by atoms with Crippen LogP contribution in [0.25, 0.3) is 0 Å². The molecular weight excluding hydrogens is 218 g/mol. The van der Waals surface area contributed by atoms with Crippen LogP contribution in [-0.2, 0) is 6.42 Å². The van der Waals surface area contributed by atoms with E-state index in [2.05, 4.69) is 10.4 Å². The van der Waals surface area contributed by atoms with Crippen molar-refractivity contribution in [2.75, 3.05) is 0 Å². The zero-order valence-corrected chi connectivity index (χ0v) is 10.1. The third-order valence-corrected chi connectivity index (χ3v) is 3.35. The first kappa shape index (κ1) is 11.3. The topological polar surface area (TPSA) is 33.1 Å². The number of nitrogens with zero attached hydrogens (tertiary/aromatic N) is 1. The van der Waals surface area contributed by atoms with Gasteiger partial charge in [0, 0.05) is 5.38 Å². The third-order valence-electron chi connectivity index (χ3n) is 2.52. The summed E-state index contributed by atoms with van der Waals surface area (Å²) in [6, 6.07) is 9.77. The molecule has 2 rings (SSSR count). The Bertz CT molecular complexity index is 438. The first-order valence-electron chi connectivity index (χ1n) is 5.40. The van der Waals surface area contributed by atoms with Crippen LogP contribution in [-0.4, -0.2) is 10.1 Å². The van der Waals surface area contributed by atoms with Crippen LogP contribution in [0, 0.1) is 6.92 Å². The van der Waals surface area contributed by atoms with E-state index < -0.39 is 0 Å². The molecule has 1 atom stereocenters. The van der Waals surface area contributed by atoms with E-state index in [4.69, 9.17) is 0 Å². The second kappa shape index (κ2) is 5.23. The second-order valence-electron chi connectivity index (χ2n) is 3.82. The number of hydrogen-bond donors (Lipinski definition) is 1. The molecule has 16 heavy (non-hydrogen) atoms. The van der Waals surface area contributed by atoms with Gasteiger partial charge >= 0.3 is 0 Å². The Kier molecular flexibility index (Phi) is 3.70. The van der Waals surface area contributed by atoms with Crippen molar-refractivity contribution in [1.29, 1.82) is 0 Å². The van der Waals surface area contributed by atoms with Gasteiger partial charge in [0.2, 0.25) is 0 Å². The lowest BCUT2D eigenvalue weighted by atomic mass is 10.0. The molecule has 2 nitrogen and oxygen atoms in total. The maximum absolute atomic E-state index is 9.96. The molecule has 0 amide bonds. The summed E-state index contributed by atoms with van der Waals surface area (Å²) in [5.41, 5.74) is 2.06. The van der Waals surface area contributed by atoms with Crippen molar-refractivity contribution >= 4 is 11.3 Å². The SMILES string of the molecule is Cc1nc(CCC(O)c2ccccc2)cs1. The van der Waals surface area contributed by atoms with Gasteiger partial charge in [-0.25, -0.2) is 4.98 Å². The first-order valence-corrected chi connectivity index (χ1v) is 6.27. The standard InChI is InChI=1S/C13H15NOS/c1-10-14-12(9-16-10)7-8-13(15)11-5-3-2-4-6-11/h2-6,9,13,15H,7-8H2,1H3. The summed E-state index contributed by atoms with van der Waals surface area (Å²) >= 11 is 1.66. The molecule has 1 aromatic carbocycles. The highest BCUT2D eigenvalue weighted by Crippen LogP contribution is 2.19. The number of benzene rings is 1. The summed E-state index contributed by atoms with van der Waals surface area (Å²) in [6.07, 6.45) is 1.18. The molecule has 0 bridgehead atoms. The molecule has 84 valence electrons. The summed E-state index contributed by atoms with van der Waals surface area (Å²) in [6.45, 7) is 2.00. The highest BCUT2D eigenvalue weighted by atomic mass is 32.1. The van der Waals surface area contributed by atoms with Crippen molar-refractivity contribution in [3.05, 3.63) is 52.0 Å². The zero-order valence-electron chi connectivity index (χ0n) is 9.26. The number of rotatable bonds is 4. The van der Waals surface area contributed by atoms with Crippen LogP contribution in [0.15, 0.2) is 35.7 Å². The van der Waals surface area contributed by atoms with Crippen molar-refractivity contribution in [1.82, 2.24) is 4.98 Å². The van der Waals surface area contributed by atoms with E-state index in [1.54, 1.807) is 11.3 Å². The van der Waals surface area contributed by atoms with Crippen molar-refractivity contribution in [2.45, 2.75) is 25.9 Å². The van der Waals surface area contributed by atoms with Crippen LogP contribution in [0.5, 0.6) is 0 Å². The Hall–Kier alpha value is -1.19. The molecule has 3 heteroatoms. The Balaban J connectivity index is 1.91. The average molecular weight is 233 g/mol. The molecular formula is C13H15NOS. The van der Waals surface area contributed by atoms with Crippen molar-refractivity contribution < 1.29 is 5.11 Å². The molecule has 0 saturated heterocycles. The Morgan fingerprint density at radius 2 is 2.06 bits per heavy atom. The average Bonchev–Trinajstić information content (AvgIpc) is 2.73. The Morgan fingerprint density at radius 1 is 1.31 bits per heavy atom. The largest absolute Gasteiger partial charge is 0.388 e. The highest BCUT2D eigenvalue weighted by Gasteiger charge is 2.08. The van der Waals surface area contributed by atoms with Gasteiger partial charge in [-0.1, -0.05) is 30.3 Å². The fourth-order valence-corrected chi connectivity index (χ4v) is 2.30. The molecule has 1 aromatic heterocycles. The van der Waals surface area contributed by atoms with Crippen LogP contribution in [0.3, 0.4) is 0 Å². The van der Waals surface area contributed by atoms with Crippen molar-refractivity contribution in [3.63, 3.8) is 0 Å². The zero-order chi connectivity index (χ0) is 11.4. The molecule has 0 aliphatic carbocycles. The van der Waals surface area contributed by atoms with Crippen LogP contribution in [0.4, 0.5) is 0 Å². The van der Waals surface area contributed by atoms with Gasteiger partial charge in [-0.05, 0) is 25.3 Å². The molecule has 1 unspecified atom stereocenters. The lowest BCUT2D eigenvalue weighted by Gasteiger charge is -2.09. The summed E-state index contributed by atoms with van der Waals surface area (Å²) in [5.74, 6) is 0. The van der Waals surface area contributed by atoms with Crippen LogP contribution in [0.2, 0.25) is 0 Å². The maximum Gasteiger partial charge on any atom is 0.0897 e. The lowest BCUT2D eigenvalue weighted by molar-refractivity contribution is 0.167. The van der Waals surface area contributed by atoms with Crippen LogP contribution in [0.1, 0.15) is 28.8 Å².